The molecular formula is C15H14N2O3S. The second-order valence-corrected chi connectivity index (χ2v) is 5.69. The van der Waals surface area contributed by atoms with Crippen LogP contribution in [0.2, 0.25) is 0 Å². The molecule has 21 heavy (non-hydrogen) atoms. The number of rotatable bonds is 2. The van der Waals surface area contributed by atoms with Crippen molar-refractivity contribution < 1.29 is 14.3 Å². The largest absolute Gasteiger partial charge is 0.467 e. The summed E-state index contributed by atoms with van der Waals surface area (Å²) in [6.07, 6.45) is 2.32. The number of esters is 1. The molecule has 108 valence electrons. The molecule has 0 saturated carbocycles. The third-order valence-corrected chi connectivity index (χ3v) is 4.53. The van der Waals surface area contributed by atoms with Crippen LogP contribution >= 0.6 is 11.3 Å². The number of nitrogens with zero attached hydrogens (tertiary/aromatic N) is 2. The van der Waals surface area contributed by atoms with Crippen LogP contribution in [0.5, 0.6) is 0 Å². The van der Waals surface area contributed by atoms with E-state index in [9.17, 15) is 9.59 Å². The minimum Gasteiger partial charge on any atom is -0.467 e. The Bertz CT molecular complexity index is 669. The first-order valence-electron chi connectivity index (χ1n) is 6.58. The van der Waals surface area contributed by atoms with E-state index in [1.165, 1.54) is 7.11 Å². The molecule has 5 nitrogen and oxygen atoms in total. The number of amides is 1. The normalized spacial score (nSPS) is 17.2. The summed E-state index contributed by atoms with van der Waals surface area (Å²) >= 11 is 1.61. The fourth-order valence-electron chi connectivity index (χ4n) is 2.54. The number of thiophene rings is 1. The van der Waals surface area contributed by atoms with E-state index >= 15 is 0 Å². The van der Waals surface area contributed by atoms with E-state index < -0.39 is 12.0 Å². The Morgan fingerprint density at radius 3 is 2.95 bits per heavy atom. The molecule has 1 aliphatic heterocycles. The zero-order valence-corrected chi connectivity index (χ0v) is 12.3. The zero-order valence-electron chi connectivity index (χ0n) is 11.5. The van der Waals surface area contributed by atoms with Crippen LogP contribution < -0.4 is 0 Å². The van der Waals surface area contributed by atoms with Gasteiger partial charge in [0.15, 0.2) is 6.04 Å². The van der Waals surface area contributed by atoms with Gasteiger partial charge in [0.05, 0.1) is 7.11 Å². The monoisotopic (exact) mass is 302 g/mol. The van der Waals surface area contributed by atoms with Crippen LogP contribution in [0.15, 0.2) is 35.8 Å². The first kappa shape index (κ1) is 13.8. The summed E-state index contributed by atoms with van der Waals surface area (Å²) in [7, 11) is 1.34. The highest BCUT2D eigenvalue weighted by Crippen LogP contribution is 2.34. The second kappa shape index (κ2) is 5.65. The Morgan fingerprint density at radius 2 is 2.24 bits per heavy atom. The molecule has 0 fully saturated rings. The average molecular weight is 302 g/mol. The molecule has 3 rings (SSSR count). The summed E-state index contributed by atoms with van der Waals surface area (Å²) in [6, 6.07) is 6.37. The van der Waals surface area contributed by atoms with Crippen molar-refractivity contribution in [3.63, 3.8) is 0 Å². The Kier molecular flexibility index (Phi) is 3.70. The van der Waals surface area contributed by atoms with E-state index in [0.717, 1.165) is 16.9 Å². The van der Waals surface area contributed by atoms with Gasteiger partial charge in [-0.3, -0.25) is 9.78 Å². The van der Waals surface area contributed by atoms with Crippen molar-refractivity contribution in [1.82, 2.24) is 9.88 Å². The highest BCUT2D eigenvalue weighted by atomic mass is 32.1. The third kappa shape index (κ3) is 2.42. The Balaban J connectivity index is 1.98. The molecule has 1 amide bonds. The lowest BCUT2D eigenvalue weighted by Gasteiger charge is -2.33. The van der Waals surface area contributed by atoms with Gasteiger partial charge in [-0.2, -0.15) is 0 Å². The molecule has 0 aliphatic carbocycles. The topological polar surface area (TPSA) is 59.5 Å². The predicted molar refractivity (Wildman–Crippen MR) is 78.1 cm³/mol. The molecule has 6 heteroatoms. The summed E-state index contributed by atoms with van der Waals surface area (Å²) in [4.78, 5) is 31.5. The summed E-state index contributed by atoms with van der Waals surface area (Å²) in [5.41, 5.74) is 1.20. The first-order valence-corrected chi connectivity index (χ1v) is 7.46. The molecular weight excluding hydrogens is 288 g/mol. The lowest BCUT2D eigenvalue weighted by Crippen LogP contribution is -2.43. The molecule has 0 spiro atoms. The van der Waals surface area contributed by atoms with Crippen LogP contribution in [-0.2, 0) is 16.0 Å². The summed E-state index contributed by atoms with van der Waals surface area (Å²) in [5.74, 6) is -0.665. The number of ether oxygens (including phenoxy) is 1. The second-order valence-electron chi connectivity index (χ2n) is 4.69. The van der Waals surface area contributed by atoms with Gasteiger partial charge < -0.3 is 9.64 Å². The minimum atomic E-state index is -0.681. The molecule has 2 aromatic heterocycles. The van der Waals surface area contributed by atoms with Crippen molar-refractivity contribution in [1.29, 1.82) is 0 Å². The van der Waals surface area contributed by atoms with Gasteiger partial charge in [-0.1, -0.05) is 6.07 Å². The number of fused-ring (bicyclic) bond motifs is 1. The first-order chi connectivity index (χ1) is 10.2. The maximum atomic E-state index is 12.6. The van der Waals surface area contributed by atoms with Crippen LogP contribution in [0, 0.1) is 0 Å². The Hall–Kier alpha value is -2.21. The summed E-state index contributed by atoms with van der Waals surface area (Å²) in [6.45, 7) is 0.489. The van der Waals surface area contributed by atoms with E-state index in [4.69, 9.17) is 4.74 Å². The van der Waals surface area contributed by atoms with E-state index in [1.54, 1.807) is 40.6 Å². The lowest BCUT2D eigenvalue weighted by molar-refractivity contribution is -0.146. The summed E-state index contributed by atoms with van der Waals surface area (Å²) in [5, 5.41) is 1.94. The van der Waals surface area contributed by atoms with Gasteiger partial charge in [0.1, 0.15) is 5.69 Å². The van der Waals surface area contributed by atoms with Crippen LogP contribution in [0.1, 0.15) is 27.0 Å². The van der Waals surface area contributed by atoms with Crippen molar-refractivity contribution in [3.05, 3.63) is 52.0 Å². The molecule has 0 bridgehead atoms. The maximum absolute atomic E-state index is 12.6. The van der Waals surface area contributed by atoms with Crippen molar-refractivity contribution in [2.45, 2.75) is 12.5 Å². The fourth-order valence-corrected chi connectivity index (χ4v) is 3.44. The summed E-state index contributed by atoms with van der Waals surface area (Å²) < 4.78 is 4.88. The van der Waals surface area contributed by atoms with Gasteiger partial charge in [0, 0.05) is 17.6 Å². The molecule has 0 saturated heterocycles. The molecule has 2 aromatic rings. The maximum Gasteiger partial charge on any atom is 0.333 e. The van der Waals surface area contributed by atoms with Gasteiger partial charge in [-0.05, 0) is 35.6 Å². The van der Waals surface area contributed by atoms with Crippen molar-refractivity contribution in [2.75, 3.05) is 13.7 Å². The smallest absolute Gasteiger partial charge is 0.333 e. The zero-order chi connectivity index (χ0) is 14.8. The molecule has 0 radical (unpaired) electrons. The quantitative estimate of drug-likeness (QED) is 0.797. The van der Waals surface area contributed by atoms with Crippen molar-refractivity contribution in [3.8, 4) is 0 Å². The van der Waals surface area contributed by atoms with Crippen LogP contribution in [0.4, 0.5) is 0 Å². The van der Waals surface area contributed by atoms with Gasteiger partial charge in [-0.25, -0.2) is 4.79 Å². The fraction of sp³-hybridized carbons (Fsp3) is 0.267. The molecule has 0 aromatic carbocycles. The van der Waals surface area contributed by atoms with E-state index in [0.29, 0.717) is 12.2 Å². The number of methoxy groups -OCH3 is 1. The molecule has 0 unspecified atom stereocenters. The minimum absolute atomic E-state index is 0.247. The highest BCUT2D eigenvalue weighted by molar-refractivity contribution is 7.10. The van der Waals surface area contributed by atoms with E-state index in [2.05, 4.69) is 4.98 Å². The number of hydrogen-bond acceptors (Lipinski definition) is 5. The van der Waals surface area contributed by atoms with Crippen LogP contribution in [0.3, 0.4) is 0 Å². The van der Waals surface area contributed by atoms with E-state index in [-0.39, 0.29) is 5.91 Å². The lowest BCUT2D eigenvalue weighted by atomic mass is 9.99. The van der Waals surface area contributed by atoms with Gasteiger partial charge in [0.2, 0.25) is 0 Å². The van der Waals surface area contributed by atoms with Crippen molar-refractivity contribution in [2.24, 2.45) is 0 Å². The predicted octanol–water partition coefficient (Wildman–Crippen LogP) is 2.06. The van der Waals surface area contributed by atoms with Crippen LogP contribution in [0.25, 0.3) is 0 Å². The highest BCUT2D eigenvalue weighted by Gasteiger charge is 2.38. The van der Waals surface area contributed by atoms with E-state index in [1.807, 2.05) is 11.4 Å². The van der Waals surface area contributed by atoms with Crippen LogP contribution in [-0.4, -0.2) is 35.4 Å². The SMILES string of the molecule is COC(=O)[C@@H]1c2ccsc2CCN1C(=O)c1ccccn1. The van der Waals surface area contributed by atoms with Gasteiger partial charge in [-0.15, -0.1) is 11.3 Å². The average Bonchev–Trinajstić information content (AvgIpc) is 3.01. The number of pyridine rings is 1. The molecule has 1 atom stereocenters. The Labute approximate surface area is 126 Å². The van der Waals surface area contributed by atoms with Gasteiger partial charge in [0.25, 0.3) is 5.91 Å². The van der Waals surface area contributed by atoms with Crippen molar-refractivity contribution >= 4 is 23.2 Å². The number of carbonyl (C=O) groups is 2. The molecule has 3 heterocycles. The third-order valence-electron chi connectivity index (χ3n) is 3.54. The Morgan fingerprint density at radius 1 is 1.38 bits per heavy atom. The number of hydrogen-bond donors (Lipinski definition) is 0. The number of carbonyl (C=O) groups excluding carboxylic acids is 2. The number of aromatic nitrogens is 1. The van der Waals surface area contributed by atoms with Gasteiger partial charge >= 0.3 is 5.97 Å². The standard InChI is InChI=1S/C15H14N2O3S/c1-20-15(19)13-10-6-9-21-12(10)5-8-17(13)14(18)11-4-2-3-7-16-11/h2-4,6-7,9,13H,5,8H2,1H3/t13-/m0/s1. The molecule has 1 aliphatic rings. The molecule has 0 N–H and O–H groups in total.